The summed E-state index contributed by atoms with van der Waals surface area (Å²) in [4.78, 5) is 4.95. The first-order valence-electron chi connectivity index (χ1n) is 10.8. The molecule has 32 heavy (non-hydrogen) atoms. The van der Waals surface area contributed by atoms with E-state index in [2.05, 4.69) is 118 Å². The highest BCUT2D eigenvalue weighted by Crippen LogP contribution is 2.35. The average molecular weight is 409 g/mol. The van der Waals surface area contributed by atoms with Crippen LogP contribution >= 0.6 is 0 Å². The third-order valence-corrected chi connectivity index (χ3v) is 6.31. The van der Waals surface area contributed by atoms with E-state index in [1.54, 1.807) is 0 Å². The van der Waals surface area contributed by atoms with Gasteiger partial charge in [0.25, 0.3) is 0 Å². The van der Waals surface area contributed by atoms with Gasteiger partial charge in [0.05, 0.1) is 22.1 Å². The fraction of sp³-hybridized carbons (Fsp3) is 0. The van der Waals surface area contributed by atoms with E-state index in [1.165, 1.54) is 32.9 Å². The van der Waals surface area contributed by atoms with E-state index in [-0.39, 0.29) is 0 Å². The molecule has 0 N–H and O–H groups in total. The Morgan fingerprint density at radius 3 is 2.12 bits per heavy atom. The van der Waals surface area contributed by atoms with Crippen LogP contribution in [-0.4, -0.2) is 14.0 Å². The van der Waals surface area contributed by atoms with Crippen molar-refractivity contribution in [1.82, 2.24) is 14.0 Å². The summed E-state index contributed by atoms with van der Waals surface area (Å²) in [5, 5.41) is 2.49. The van der Waals surface area contributed by atoms with Crippen LogP contribution in [0.4, 0.5) is 0 Å². The highest BCUT2D eigenvalue weighted by molar-refractivity contribution is 6.13. The molecular formula is C29H19N3. The molecule has 0 saturated heterocycles. The summed E-state index contributed by atoms with van der Waals surface area (Å²) in [7, 11) is 0. The van der Waals surface area contributed by atoms with Gasteiger partial charge in [-0.1, -0.05) is 66.7 Å². The van der Waals surface area contributed by atoms with Gasteiger partial charge in [0.2, 0.25) is 0 Å². The molecule has 0 atom stereocenters. The number of imidazole rings is 1. The van der Waals surface area contributed by atoms with Crippen LogP contribution in [0.2, 0.25) is 0 Å². The van der Waals surface area contributed by atoms with Crippen molar-refractivity contribution in [2.45, 2.75) is 0 Å². The Bertz CT molecular complexity index is 1760. The van der Waals surface area contributed by atoms with Crippen LogP contribution in [0, 0.1) is 0 Å². The van der Waals surface area contributed by atoms with Gasteiger partial charge >= 0.3 is 0 Å². The van der Waals surface area contributed by atoms with Gasteiger partial charge in [0.1, 0.15) is 5.65 Å². The molecule has 4 aromatic carbocycles. The summed E-state index contributed by atoms with van der Waals surface area (Å²) in [6.45, 7) is 0. The van der Waals surface area contributed by atoms with Gasteiger partial charge in [-0.05, 0) is 53.6 Å². The third kappa shape index (κ3) is 2.45. The molecular weight excluding hydrogens is 390 g/mol. The molecule has 3 aromatic heterocycles. The maximum absolute atomic E-state index is 4.95. The first-order valence-corrected chi connectivity index (χ1v) is 10.8. The predicted octanol–water partition coefficient (Wildman–Crippen LogP) is 7.25. The molecule has 0 aliphatic heterocycles. The summed E-state index contributed by atoms with van der Waals surface area (Å²) in [5.41, 5.74) is 9.03. The minimum absolute atomic E-state index is 0.961. The molecule has 150 valence electrons. The number of benzene rings is 4. The molecule has 7 rings (SSSR count). The molecule has 0 spiro atoms. The lowest BCUT2D eigenvalue weighted by molar-refractivity contribution is 1.18. The largest absolute Gasteiger partial charge is 0.309 e. The Labute approximate surface area is 184 Å². The first-order chi connectivity index (χ1) is 15.9. The quantitative estimate of drug-likeness (QED) is 0.295. The van der Waals surface area contributed by atoms with Crippen molar-refractivity contribution in [3.05, 3.63) is 115 Å². The van der Waals surface area contributed by atoms with E-state index in [0.717, 1.165) is 22.4 Å². The van der Waals surface area contributed by atoms with Crippen molar-refractivity contribution in [3.8, 4) is 16.8 Å². The van der Waals surface area contributed by atoms with Crippen LogP contribution in [0.1, 0.15) is 0 Å². The Morgan fingerprint density at radius 2 is 1.28 bits per heavy atom. The summed E-state index contributed by atoms with van der Waals surface area (Å²) >= 11 is 0. The number of hydrogen-bond acceptors (Lipinski definition) is 1. The monoisotopic (exact) mass is 409 g/mol. The Kier molecular flexibility index (Phi) is 3.55. The van der Waals surface area contributed by atoms with Gasteiger partial charge in [0.15, 0.2) is 0 Å². The Balaban J connectivity index is 1.57. The maximum atomic E-state index is 4.95. The molecule has 7 aromatic rings. The van der Waals surface area contributed by atoms with Gasteiger partial charge in [-0.3, -0.25) is 4.40 Å². The van der Waals surface area contributed by atoms with E-state index in [4.69, 9.17) is 4.98 Å². The topological polar surface area (TPSA) is 22.2 Å². The highest BCUT2D eigenvalue weighted by atomic mass is 15.0. The summed E-state index contributed by atoms with van der Waals surface area (Å²) in [6, 6.07) is 38.4. The number of rotatable bonds is 2. The molecule has 0 aliphatic carbocycles. The predicted molar refractivity (Wildman–Crippen MR) is 132 cm³/mol. The van der Waals surface area contributed by atoms with E-state index in [1.807, 2.05) is 6.07 Å². The fourth-order valence-electron chi connectivity index (χ4n) is 4.83. The van der Waals surface area contributed by atoms with Crippen molar-refractivity contribution in [1.29, 1.82) is 0 Å². The highest BCUT2D eigenvalue weighted by Gasteiger charge is 2.15. The Hall–Kier alpha value is -4.37. The van der Waals surface area contributed by atoms with E-state index in [9.17, 15) is 0 Å². The minimum Gasteiger partial charge on any atom is -0.309 e. The zero-order chi connectivity index (χ0) is 21.1. The van der Waals surface area contributed by atoms with Gasteiger partial charge in [-0.15, -0.1) is 0 Å². The number of hydrogen-bond donors (Lipinski definition) is 0. The van der Waals surface area contributed by atoms with Crippen LogP contribution in [0.5, 0.6) is 0 Å². The standard InChI is InChI=1S/C29H19N3/c1-3-9-20(10-4-1)21-15-16-29-30-25-18-27-24(17-28(25)31(29)19-21)23-13-7-8-14-26(23)32(27)22-11-5-2-6-12-22/h1-19H. The minimum atomic E-state index is 0.961. The molecule has 0 bridgehead atoms. The van der Waals surface area contributed by atoms with Crippen molar-refractivity contribution < 1.29 is 0 Å². The van der Waals surface area contributed by atoms with Crippen molar-refractivity contribution in [2.24, 2.45) is 0 Å². The Morgan fingerprint density at radius 1 is 0.531 bits per heavy atom. The number of pyridine rings is 1. The zero-order valence-corrected chi connectivity index (χ0v) is 17.3. The van der Waals surface area contributed by atoms with Crippen LogP contribution in [0.3, 0.4) is 0 Å². The van der Waals surface area contributed by atoms with Crippen molar-refractivity contribution in [3.63, 3.8) is 0 Å². The van der Waals surface area contributed by atoms with Gasteiger partial charge in [-0.25, -0.2) is 4.98 Å². The number of nitrogens with zero attached hydrogens (tertiary/aromatic N) is 3. The molecule has 0 aliphatic rings. The molecule has 0 radical (unpaired) electrons. The number of para-hydroxylation sites is 2. The van der Waals surface area contributed by atoms with Crippen molar-refractivity contribution in [2.75, 3.05) is 0 Å². The molecule has 0 fully saturated rings. The lowest BCUT2D eigenvalue weighted by atomic mass is 10.1. The average Bonchev–Trinajstić information content (AvgIpc) is 3.38. The summed E-state index contributed by atoms with van der Waals surface area (Å²) in [5.74, 6) is 0. The van der Waals surface area contributed by atoms with Crippen LogP contribution in [-0.2, 0) is 0 Å². The second kappa shape index (κ2) is 6.56. The smallest absolute Gasteiger partial charge is 0.137 e. The van der Waals surface area contributed by atoms with Crippen LogP contribution in [0.15, 0.2) is 115 Å². The molecule has 0 unspecified atom stereocenters. The van der Waals surface area contributed by atoms with Gasteiger partial charge in [-0.2, -0.15) is 0 Å². The SMILES string of the molecule is c1ccc(-c2ccc3nc4cc5c(cc4n3c2)c2ccccc2n5-c2ccccc2)cc1. The second-order valence-corrected chi connectivity index (χ2v) is 8.17. The molecule has 3 heterocycles. The normalized spacial score (nSPS) is 11.8. The summed E-state index contributed by atoms with van der Waals surface area (Å²) < 4.78 is 4.55. The first kappa shape index (κ1) is 17.3. The molecule has 0 saturated carbocycles. The van der Waals surface area contributed by atoms with Crippen LogP contribution in [0.25, 0.3) is 55.3 Å². The number of aromatic nitrogens is 3. The van der Waals surface area contributed by atoms with Gasteiger partial charge < -0.3 is 4.57 Å². The third-order valence-electron chi connectivity index (χ3n) is 6.31. The maximum Gasteiger partial charge on any atom is 0.137 e. The lowest BCUT2D eigenvalue weighted by Gasteiger charge is -2.07. The van der Waals surface area contributed by atoms with Gasteiger partial charge in [0, 0.05) is 22.7 Å². The van der Waals surface area contributed by atoms with E-state index in [0.29, 0.717) is 0 Å². The summed E-state index contributed by atoms with van der Waals surface area (Å²) in [6.07, 6.45) is 2.20. The fourth-order valence-corrected chi connectivity index (χ4v) is 4.83. The zero-order valence-electron chi connectivity index (χ0n) is 17.3. The van der Waals surface area contributed by atoms with Crippen LogP contribution < -0.4 is 0 Å². The van der Waals surface area contributed by atoms with E-state index >= 15 is 0 Å². The van der Waals surface area contributed by atoms with E-state index < -0.39 is 0 Å². The molecule has 0 amide bonds. The van der Waals surface area contributed by atoms with Crippen molar-refractivity contribution >= 4 is 38.5 Å². The second-order valence-electron chi connectivity index (χ2n) is 8.17. The number of fused-ring (bicyclic) bond motifs is 6. The lowest BCUT2D eigenvalue weighted by Crippen LogP contribution is -1.92. The molecule has 3 heteroatoms. The molecule has 3 nitrogen and oxygen atoms in total.